The van der Waals surface area contributed by atoms with E-state index < -0.39 is 5.97 Å². The fraction of sp³-hybridized carbons (Fsp3) is 0.357. The highest BCUT2D eigenvalue weighted by atomic mass is 32.2. The van der Waals surface area contributed by atoms with Crippen molar-refractivity contribution in [3.63, 3.8) is 0 Å². The van der Waals surface area contributed by atoms with Gasteiger partial charge in [0, 0.05) is 37.2 Å². The van der Waals surface area contributed by atoms with Crippen LogP contribution in [0.25, 0.3) is 6.08 Å². The van der Waals surface area contributed by atoms with Crippen molar-refractivity contribution >= 4 is 23.8 Å². The lowest BCUT2D eigenvalue weighted by Crippen LogP contribution is -2.31. The zero-order valence-corrected chi connectivity index (χ0v) is 11.3. The summed E-state index contributed by atoms with van der Waals surface area (Å²) in [6.07, 6.45) is 2.44. The third-order valence-corrected chi connectivity index (χ3v) is 3.85. The van der Waals surface area contributed by atoms with Gasteiger partial charge in [-0.3, -0.25) is 4.90 Å². The Morgan fingerprint density at radius 1 is 1.37 bits per heavy atom. The molecule has 0 saturated carbocycles. The molecule has 1 aromatic carbocycles. The average Bonchev–Trinajstić information content (AvgIpc) is 2.37. The maximum Gasteiger partial charge on any atom is 0.328 e. The van der Waals surface area contributed by atoms with Crippen LogP contribution >= 0.6 is 11.8 Å². The van der Waals surface area contributed by atoms with Crippen LogP contribution in [0.15, 0.2) is 24.3 Å². The van der Waals surface area contributed by atoms with Crippen LogP contribution in [-0.2, 0) is 11.3 Å². The molecule has 1 heterocycles. The van der Waals surface area contributed by atoms with E-state index in [1.165, 1.54) is 18.2 Å². The Hall–Kier alpha value is -1.33. The van der Waals surface area contributed by atoms with E-state index in [4.69, 9.17) is 5.11 Å². The maximum atomic E-state index is 13.5. The van der Waals surface area contributed by atoms with Crippen LogP contribution in [0.4, 0.5) is 4.39 Å². The van der Waals surface area contributed by atoms with Crippen molar-refractivity contribution in [1.29, 1.82) is 0 Å². The lowest BCUT2D eigenvalue weighted by Gasteiger charge is -2.26. The smallest absolute Gasteiger partial charge is 0.328 e. The van der Waals surface area contributed by atoms with Gasteiger partial charge in [-0.25, -0.2) is 9.18 Å². The van der Waals surface area contributed by atoms with Crippen molar-refractivity contribution in [2.45, 2.75) is 6.54 Å². The molecule has 0 spiro atoms. The summed E-state index contributed by atoms with van der Waals surface area (Å²) < 4.78 is 13.5. The summed E-state index contributed by atoms with van der Waals surface area (Å²) in [4.78, 5) is 12.8. The lowest BCUT2D eigenvalue weighted by atomic mass is 10.1. The van der Waals surface area contributed by atoms with Crippen molar-refractivity contribution in [3.8, 4) is 0 Å². The summed E-state index contributed by atoms with van der Waals surface area (Å²) in [5.74, 6) is 0.870. The van der Waals surface area contributed by atoms with Crippen LogP contribution in [-0.4, -0.2) is 40.6 Å². The number of rotatable bonds is 4. The molecule has 0 aromatic heterocycles. The molecule has 19 heavy (non-hydrogen) atoms. The van der Waals surface area contributed by atoms with Gasteiger partial charge in [-0.05, 0) is 29.3 Å². The van der Waals surface area contributed by atoms with E-state index in [0.717, 1.165) is 36.2 Å². The molecule has 0 atom stereocenters. The van der Waals surface area contributed by atoms with Gasteiger partial charge in [0.2, 0.25) is 0 Å². The zero-order chi connectivity index (χ0) is 13.7. The van der Waals surface area contributed by atoms with Crippen LogP contribution < -0.4 is 0 Å². The molecule has 0 radical (unpaired) electrons. The van der Waals surface area contributed by atoms with Gasteiger partial charge in [0.15, 0.2) is 0 Å². The number of aliphatic carboxylic acids is 1. The Morgan fingerprint density at radius 2 is 2.11 bits per heavy atom. The summed E-state index contributed by atoms with van der Waals surface area (Å²) in [5.41, 5.74) is 1.47. The highest BCUT2D eigenvalue weighted by molar-refractivity contribution is 7.99. The van der Waals surface area contributed by atoms with Gasteiger partial charge in [0.1, 0.15) is 5.82 Å². The van der Waals surface area contributed by atoms with E-state index in [1.54, 1.807) is 0 Å². The van der Waals surface area contributed by atoms with E-state index in [9.17, 15) is 9.18 Å². The molecule has 1 aliphatic rings. The highest BCUT2D eigenvalue weighted by Gasteiger charge is 2.11. The van der Waals surface area contributed by atoms with Crippen molar-refractivity contribution in [3.05, 3.63) is 41.2 Å². The number of hydrogen-bond donors (Lipinski definition) is 1. The molecule has 0 unspecified atom stereocenters. The molecule has 0 amide bonds. The van der Waals surface area contributed by atoms with Crippen LogP contribution in [0.5, 0.6) is 0 Å². The number of carboxylic acids is 1. The molecule has 5 heteroatoms. The number of hydrogen-bond acceptors (Lipinski definition) is 3. The van der Waals surface area contributed by atoms with Crippen LogP contribution in [0.3, 0.4) is 0 Å². The van der Waals surface area contributed by atoms with Crippen LogP contribution in [0.2, 0.25) is 0 Å². The summed E-state index contributed by atoms with van der Waals surface area (Å²) in [7, 11) is 0. The minimum Gasteiger partial charge on any atom is -0.478 e. The van der Waals surface area contributed by atoms with Gasteiger partial charge in [-0.15, -0.1) is 0 Å². The van der Waals surface area contributed by atoms with Gasteiger partial charge in [0.05, 0.1) is 0 Å². The number of nitrogens with zero attached hydrogens (tertiary/aromatic N) is 1. The molecule has 2 rings (SSSR count). The molecule has 102 valence electrons. The van der Waals surface area contributed by atoms with E-state index >= 15 is 0 Å². The normalized spacial score (nSPS) is 16.9. The van der Waals surface area contributed by atoms with Gasteiger partial charge >= 0.3 is 5.97 Å². The standard InChI is InChI=1S/C14H16FNO2S/c15-13-8-11(1-2-14(17)18)7-12(9-13)10-16-3-5-19-6-4-16/h1-2,7-9H,3-6,10H2,(H,17,18). The third kappa shape index (κ3) is 4.69. The summed E-state index contributed by atoms with van der Waals surface area (Å²) in [6.45, 7) is 2.75. The molecular formula is C14H16FNO2S. The largest absolute Gasteiger partial charge is 0.478 e. The summed E-state index contributed by atoms with van der Waals surface area (Å²) in [6, 6.07) is 4.69. The first-order valence-corrected chi connectivity index (χ1v) is 7.29. The molecule has 3 nitrogen and oxygen atoms in total. The van der Waals surface area contributed by atoms with Crippen LogP contribution in [0.1, 0.15) is 11.1 Å². The number of thioether (sulfide) groups is 1. The molecule has 1 fully saturated rings. The quantitative estimate of drug-likeness (QED) is 0.861. The fourth-order valence-electron chi connectivity index (χ4n) is 2.05. The van der Waals surface area contributed by atoms with E-state index in [1.807, 2.05) is 17.8 Å². The minimum atomic E-state index is -1.03. The SMILES string of the molecule is O=C(O)C=Cc1cc(F)cc(CN2CCSCC2)c1. The summed E-state index contributed by atoms with van der Waals surface area (Å²) >= 11 is 1.93. The molecule has 1 N–H and O–H groups in total. The Balaban J connectivity index is 2.09. The maximum absolute atomic E-state index is 13.5. The van der Waals surface area contributed by atoms with Crippen LogP contribution in [0, 0.1) is 5.82 Å². The first-order valence-electron chi connectivity index (χ1n) is 6.14. The Morgan fingerprint density at radius 3 is 2.79 bits per heavy atom. The molecule has 1 aliphatic heterocycles. The minimum absolute atomic E-state index is 0.325. The highest BCUT2D eigenvalue weighted by Crippen LogP contribution is 2.16. The number of carbonyl (C=O) groups is 1. The number of benzene rings is 1. The topological polar surface area (TPSA) is 40.5 Å². The molecular weight excluding hydrogens is 265 g/mol. The predicted molar refractivity (Wildman–Crippen MR) is 75.7 cm³/mol. The second-order valence-corrected chi connectivity index (χ2v) is 5.68. The third-order valence-electron chi connectivity index (χ3n) is 2.91. The Labute approximate surface area is 116 Å². The number of halogens is 1. The number of carboxylic acid groups (broad SMARTS) is 1. The van der Waals surface area contributed by atoms with Gasteiger partial charge in [-0.1, -0.05) is 6.07 Å². The predicted octanol–water partition coefficient (Wildman–Crippen LogP) is 2.47. The Bertz CT molecular complexity index is 484. The Kier molecular flexibility index (Phi) is 4.99. The molecule has 1 saturated heterocycles. The second-order valence-electron chi connectivity index (χ2n) is 4.45. The van der Waals surface area contributed by atoms with Gasteiger partial charge < -0.3 is 5.11 Å². The van der Waals surface area contributed by atoms with Crippen molar-refractivity contribution in [1.82, 2.24) is 4.90 Å². The van der Waals surface area contributed by atoms with Crippen molar-refractivity contribution < 1.29 is 14.3 Å². The monoisotopic (exact) mass is 281 g/mol. The zero-order valence-electron chi connectivity index (χ0n) is 10.5. The average molecular weight is 281 g/mol. The van der Waals surface area contributed by atoms with Crippen molar-refractivity contribution in [2.75, 3.05) is 24.6 Å². The van der Waals surface area contributed by atoms with Crippen molar-refractivity contribution in [2.24, 2.45) is 0 Å². The first-order chi connectivity index (χ1) is 9.13. The molecule has 0 aliphatic carbocycles. The van der Waals surface area contributed by atoms with E-state index in [-0.39, 0.29) is 5.82 Å². The van der Waals surface area contributed by atoms with E-state index in [2.05, 4.69) is 4.90 Å². The second kappa shape index (κ2) is 6.73. The van der Waals surface area contributed by atoms with Gasteiger partial charge in [0.25, 0.3) is 0 Å². The fourth-order valence-corrected chi connectivity index (χ4v) is 3.03. The summed E-state index contributed by atoms with van der Waals surface area (Å²) in [5, 5.41) is 8.58. The van der Waals surface area contributed by atoms with Gasteiger partial charge in [-0.2, -0.15) is 11.8 Å². The molecule has 1 aromatic rings. The van der Waals surface area contributed by atoms with E-state index in [0.29, 0.717) is 12.1 Å². The molecule has 0 bridgehead atoms. The lowest BCUT2D eigenvalue weighted by molar-refractivity contribution is -0.131. The first kappa shape index (κ1) is 14.1.